The lowest BCUT2D eigenvalue weighted by molar-refractivity contribution is 0.387. The minimum absolute atomic E-state index is 0. The normalized spacial score (nSPS) is 10.9. The molecule has 0 amide bonds. The lowest BCUT2D eigenvalue weighted by Crippen LogP contribution is -2.38. The molecule has 0 radical (unpaired) electrons. The van der Waals surface area contributed by atoms with Crippen LogP contribution in [0.4, 0.5) is 0 Å². The van der Waals surface area contributed by atoms with Gasteiger partial charge in [-0.2, -0.15) is 16.7 Å². The fourth-order valence-corrected chi connectivity index (χ4v) is 1.37. The Hall–Kier alpha value is -0.510. The van der Waals surface area contributed by atoms with Crippen LogP contribution in [-0.2, 0) is 6.54 Å². The van der Waals surface area contributed by atoms with Gasteiger partial charge in [0.15, 0.2) is 11.8 Å². The molecular weight excluding hydrogens is 353 g/mol. The van der Waals surface area contributed by atoms with E-state index in [0.29, 0.717) is 18.3 Å². The van der Waals surface area contributed by atoms with Gasteiger partial charge in [-0.25, -0.2) is 0 Å². The molecule has 6 nitrogen and oxygen atoms in total. The molecule has 0 spiro atoms. The van der Waals surface area contributed by atoms with Crippen molar-refractivity contribution in [3.8, 4) is 0 Å². The highest BCUT2D eigenvalue weighted by Gasteiger charge is 2.02. The molecule has 8 heteroatoms. The number of nitrogens with zero attached hydrogens (tertiary/aromatic N) is 3. The van der Waals surface area contributed by atoms with E-state index < -0.39 is 0 Å². The molecule has 0 saturated heterocycles. The summed E-state index contributed by atoms with van der Waals surface area (Å²) in [7, 11) is 1.73. The van der Waals surface area contributed by atoms with Gasteiger partial charge in [-0.05, 0) is 6.26 Å². The smallest absolute Gasteiger partial charge is 0.223 e. The van der Waals surface area contributed by atoms with E-state index in [0.717, 1.165) is 18.3 Å². The average Bonchev–Trinajstić information content (AvgIpc) is 2.69. The number of hydrogen-bond acceptors (Lipinski definition) is 5. The molecule has 0 aliphatic heterocycles. The molecule has 1 rings (SSSR count). The molecule has 1 aromatic heterocycles. The van der Waals surface area contributed by atoms with Gasteiger partial charge in [-0.1, -0.05) is 5.16 Å². The Labute approximate surface area is 122 Å². The third-order valence-electron chi connectivity index (χ3n) is 1.81. The van der Waals surface area contributed by atoms with Crippen molar-refractivity contribution < 1.29 is 4.52 Å². The second kappa shape index (κ2) is 9.51. The molecule has 1 aromatic rings. The third kappa shape index (κ3) is 6.71. The molecule has 0 aromatic carbocycles. The maximum atomic E-state index is 4.86. The van der Waals surface area contributed by atoms with Gasteiger partial charge in [0.2, 0.25) is 5.89 Å². The van der Waals surface area contributed by atoms with E-state index in [2.05, 4.69) is 32.0 Å². The fourth-order valence-electron chi connectivity index (χ4n) is 1.07. The van der Waals surface area contributed by atoms with Crippen LogP contribution in [0.3, 0.4) is 0 Å². The number of nitrogens with one attached hydrogen (secondary N) is 2. The second-order valence-corrected chi connectivity index (χ2v) is 4.06. The van der Waals surface area contributed by atoms with Crippen LogP contribution in [0.5, 0.6) is 0 Å². The van der Waals surface area contributed by atoms with Crippen LogP contribution < -0.4 is 10.6 Å². The summed E-state index contributed by atoms with van der Waals surface area (Å²) in [5.41, 5.74) is 0. The lowest BCUT2D eigenvalue weighted by atomic mass is 10.6. The van der Waals surface area contributed by atoms with Gasteiger partial charge >= 0.3 is 0 Å². The summed E-state index contributed by atoms with van der Waals surface area (Å²) in [6.07, 6.45) is 2.07. The number of aromatic nitrogens is 2. The highest BCUT2D eigenvalue weighted by molar-refractivity contribution is 14.0. The second-order valence-electron chi connectivity index (χ2n) is 3.07. The Morgan fingerprint density at radius 1 is 1.47 bits per heavy atom. The Bertz CT molecular complexity index is 344. The number of guanidine groups is 1. The predicted molar refractivity (Wildman–Crippen MR) is 81.0 cm³/mol. The number of thioether (sulfide) groups is 1. The summed E-state index contributed by atoms with van der Waals surface area (Å²) >= 11 is 1.79. The minimum Gasteiger partial charge on any atom is -0.356 e. The summed E-state index contributed by atoms with van der Waals surface area (Å²) in [5.74, 6) is 2.99. The van der Waals surface area contributed by atoms with Gasteiger partial charge < -0.3 is 15.2 Å². The first-order valence-electron chi connectivity index (χ1n) is 4.99. The topological polar surface area (TPSA) is 75.3 Å². The molecular formula is C9H18IN5OS. The average molecular weight is 371 g/mol. The Morgan fingerprint density at radius 3 is 2.76 bits per heavy atom. The molecule has 1 heterocycles. The largest absolute Gasteiger partial charge is 0.356 e. The summed E-state index contributed by atoms with van der Waals surface area (Å²) in [5, 5.41) is 10.1. The molecule has 0 fully saturated rings. The van der Waals surface area contributed by atoms with E-state index in [9.17, 15) is 0 Å². The molecule has 0 saturated carbocycles. The molecule has 0 bridgehead atoms. The summed E-state index contributed by atoms with van der Waals surface area (Å²) < 4.78 is 4.86. The third-order valence-corrected chi connectivity index (χ3v) is 2.42. The van der Waals surface area contributed by atoms with E-state index >= 15 is 0 Å². The minimum atomic E-state index is 0. The van der Waals surface area contributed by atoms with Gasteiger partial charge in [-0.15, -0.1) is 24.0 Å². The Kier molecular flexibility index (Phi) is 9.23. The highest BCUT2D eigenvalue weighted by atomic mass is 127. The van der Waals surface area contributed by atoms with Crippen LogP contribution in [0.2, 0.25) is 0 Å². The van der Waals surface area contributed by atoms with Gasteiger partial charge in [0.25, 0.3) is 0 Å². The van der Waals surface area contributed by atoms with Gasteiger partial charge in [0, 0.05) is 26.3 Å². The zero-order chi connectivity index (χ0) is 11.8. The number of rotatable bonds is 5. The first-order chi connectivity index (χ1) is 7.76. The van der Waals surface area contributed by atoms with Crippen LogP contribution >= 0.6 is 35.7 Å². The molecule has 98 valence electrons. The van der Waals surface area contributed by atoms with Gasteiger partial charge in [0.1, 0.15) is 0 Å². The number of hydrogen-bond donors (Lipinski definition) is 2. The van der Waals surface area contributed by atoms with Crippen molar-refractivity contribution in [3.05, 3.63) is 11.7 Å². The van der Waals surface area contributed by atoms with Crippen molar-refractivity contribution >= 4 is 41.7 Å². The first-order valence-corrected chi connectivity index (χ1v) is 6.38. The van der Waals surface area contributed by atoms with Gasteiger partial charge in [-0.3, -0.25) is 4.99 Å². The van der Waals surface area contributed by atoms with Crippen molar-refractivity contribution in [1.29, 1.82) is 0 Å². The van der Waals surface area contributed by atoms with Crippen molar-refractivity contribution in [2.24, 2.45) is 4.99 Å². The van der Waals surface area contributed by atoms with Crippen molar-refractivity contribution in [2.75, 3.05) is 25.6 Å². The summed E-state index contributed by atoms with van der Waals surface area (Å²) in [4.78, 5) is 8.17. The Morgan fingerprint density at radius 2 is 2.24 bits per heavy atom. The maximum absolute atomic E-state index is 4.86. The molecule has 0 aliphatic carbocycles. The lowest BCUT2D eigenvalue weighted by Gasteiger charge is -2.09. The fraction of sp³-hybridized carbons (Fsp3) is 0.667. The number of aryl methyl sites for hydroxylation is 1. The zero-order valence-corrected chi connectivity index (χ0v) is 13.3. The van der Waals surface area contributed by atoms with E-state index in [1.165, 1.54) is 0 Å². The summed E-state index contributed by atoms with van der Waals surface area (Å²) in [6.45, 7) is 3.16. The SMILES string of the molecule is CN=C(NCCSC)NCc1noc(C)n1.I. The zero-order valence-electron chi connectivity index (χ0n) is 10.2. The van der Waals surface area contributed by atoms with Crippen LogP contribution in [-0.4, -0.2) is 41.7 Å². The summed E-state index contributed by atoms with van der Waals surface area (Å²) in [6, 6.07) is 0. The van der Waals surface area contributed by atoms with Gasteiger partial charge in [0.05, 0.1) is 6.54 Å². The van der Waals surface area contributed by atoms with E-state index in [1.807, 2.05) is 0 Å². The maximum Gasteiger partial charge on any atom is 0.223 e. The molecule has 2 N–H and O–H groups in total. The van der Waals surface area contributed by atoms with Crippen LogP contribution in [0.1, 0.15) is 11.7 Å². The van der Waals surface area contributed by atoms with E-state index in [4.69, 9.17) is 4.52 Å². The van der Waals surface area contributed by atoms with E-state index in [1.54, 1.807) is 25.7 Å². The first kappa shape index (κ1) is 16.5. The van der Waals surface area contributed by atoms with E-state index in [-0.39, 0.29) is 24.0 Å². The predicted octanol–water partition coefficient (Wildman–Crippen LogP) is 1.02. The highest BCUT2D eigenvalue weighted by Crippen LogP contribution is 1.93. The van der Waals surface area contributed by atoms with Crippen LogP contribution in [0.15, 0.2) is 9.52 Å². The molecule has 0 aliphatic rings. The van der Waals surface area contributed by atoms with Crippen molar-refractivity contribution in [3.63, 3.8) is 0 Å². The Balaban J connectivity index is 0.00000256. The van der Waals surface area contributed by atoms with Crippen molar-refractivity contribution in [2.45, 2.75) is 13.5 Å². The number of aliphatic imine (C=N–C) groups is 1. The molecule has 0 atom stereocenters. The number of halogens is 1. The van der Waals surface area contributed by atoms with Crippen molar-refractivity contribution in [1.82, 2.24) is 20.8 Å². The monoisotopic (exact) mass is 371 g/mol. The molecule has 17 heavy (non-hydrogen) atoms. The van der Waals surface area contributed by atoms with Crippen LogP contribution in [0, 0.1) is 6.92 Å². The quantitative estimate of drug-likeness (QED) is 0.349. The standard InChI is InChI=1S/C9H17N5OS.HI/c1-7-13-8(14-15-7)6-12-9(10-2)11-4-5-16-3;/h4-6H2,1-3H3,(H2,10,11,12);1H. The molecule has 0 unspecified atom stereocenters. The van der Waals surface area contributed by atoms with Crippen LogP contribution in [0.25, 0.3) is 0 Å².